The van der Waals surface area contributed by atoms with Crippen LogP contribution in [0.25, 0.3) is 22.4 Å². The number of carbonyl (C=O) groups is 1. The summed E-state index contributed by atoms with van der Waals surface area (Å²) in [5.41, 5.74) is 4.66. The van der Waals surface area contributed by atoms with Crippen molar-refractivity contribution in [1.29, 1.82) is 0 Å². The Morgan fingerprint density at radius 1 is 1.10 bits per heavy atom. The maximum atomic E-state index is 12.8. The number of fused-ring (bicyclic) bond motifs is 1. The van der Waals surface area contributed by atoms with Crippen molar-refractivity contribution >= 4 is 23.0 Å². The van der Waals surface area contributed by atoms with Crippen LogP contribution in [0, 0.1) is 0 Å². The molecular weight excluding hydrogens is 392 g/mol. The molecule has 0 unspecified atom stereocenters. The number of hydrazone groups is 1. The molecule has 2 aromatic heterocycles. The van der Waals surface area contributed by atoms with Crippen LogP contribution in [0.5, 0.6) is 5.75 Å². The minimum absolute atomic E-state index is 0.0416. The number of pyridine rings is 1. The highest BCUT2D eigenvalue weighted by molar-refractivity contribution is 6.07. The zero-order chi connectivity index (χ0) is 20.9. The van der Waals surface area contributed by atoms with Crippen LogP contribution in [-0.4, -0.2) is 23.7 Å². The summed E-state index contributed by atoms with van der Waals surface area (Å²) in [5.74, 6) is 0.166. The zero-order valence-electron chi connectivity index (χ0n) is 15.5. The second-order valence-electron chi connectivity index (χ2n) is 6.20. The van der Waals surface area contributed by atoms with Gasteiger partial charge in [0.05, 0.1) is 23.6 Å². The summed E-state index contributed by atoms with van der Waals surface area (Å²) in [6.07, 6.45) is 2.94. The Labute approximate surface area is 169 Å². The van der Waals surface area contributed by atoms with Gasteiger partial charge in [0.25, 0.3) is 5.91 Å². The fraction of sp³-hybridized carbons (Fsp3) is 0.0455. The average molecular weight is 407 g/mol. The Balaban J connectivity index is 1.55. The SMILES string of the molecule is O=C(N/N=C/c1ccc(OC(F)F)cc1)c1cc(-c2ccco2)nc2ccccc12. The summed E-state index contributed by atoms with van der Waals surface area (Å²) >= 11 is 0. The van der Waals surface area contributed by atoms with Gasteiger partial charge in [0.1, 0.15) is 11.4 Å². The first-order chi connectivity index (χ1) is 14.6. The van der Waals surface area contributed by atoms with Gasteiger partial charge >= 0.3 is 6.61 Å². The highest BCUT2D eigenvalue weighted by atomic mass is 19.3. The Kier molecular flexibility index (Phi) is 5.47. The highest BCUT2D eigenvalue weighted by Gasteiger charge is 2.14. The maximum Gasteiger partial charge on any atom is 0.387 e. The molecular formula is C22H15F2N3O3. The number of aromatic nitrogens is 1. The van der Waals surface area contributed by atoms with Gasteiger partial charge in [-0.15, -0.1) is 0 Å². The number of carbonyl (C=O) groups excluding carboxylic acids is 1. The van der Waals surface area contributed by atoms with E-state index in [1.807, 2.05) is 18.2 Å². The molecule has 0 bridgehead atoms. The van der Waals surface area contributed by atoms with Gasteiger partial charge in [-0.2, -0.15) is 13.9 Å². The van der Waals surface area contributed by atoms with Crippen molar-refractivity contribution in [2.45, 2.75) is 6.61 Å². The predicted molar refractivity (Wildman–Crippen MR) is 108 cm³/mol. The van der Waals surface area contributed by atoms with Crippen LogP contribution in [0.3, 0.4) is 0 Å². The Bertz CT molecular complexity index is 1190. The third-order valence-electron chi connectivity index (χ3n) is 4.22. The predicted octanol–water partition coefficient (Wildman–Crippen LogP) is 4.86. The Morgan fingerprint density at radius 2 is 1.90 bits per heavy atom. The first-order valence-electron chi connectivity index (χ1n) is 8.92. The fourth-order valence-corrected chi connectivity index (χ4v) is 2.87. The van der Waals surface area contributed by atoms with Gasteiger partial charge in [-0.05, 0) is 54.1 Å². The normalized spacial score (nSPS) is 11.3. The van der Waals surface area contributed by atoms with Crippen molar-refractivity contribution in [3.63, 3.8) is 0 Å². The van der Waals surface area contributed by atoms with Crippen molar-refractivity contribution in [2.24, 2.45) is 5.10 Å². The first kappa shape index (κ1) is 19.3. The molecule has 0 aliphatic carbocycles. The number of furan rings is 1. The summed E-state index contributed by atoms with van der Waals surface area (Å²) in [7, 11) is 0. The van der Waals surface area contributed by atoms with Crippen LogP contribution in [0.15, 0.2) is 82.5 Å². The molecule has 8 heteroatoms. The molecule has 0 spiro atoms. The van der Waals surface area contributed by atoms with E-state index in [0.29, 0.717) is 33.5 Å². The number of amides is 1. The summed E-state index contributed by atoms with van der Waals surface area (Å²) < 4.78 is 34.1. The van der Waals surface area contributed by atoms with Gasteiger partial charge in [0.2, 0.25) is 0 Å². The summed E-state index contributed by atoms with van der Waals surface area (Å²) in [4.78, 5) is 17.3. The lowest BCUT2D eigenvalue weighted by Gasteiger charge is -2.07. The molecule has 0 radical (unpaired) electrons. The molecule has 0 fully saturated rings. The number of para-hydroxylation sites is 1. The Morgan fingerprint density at radius 3 is 2.63 bits per heavy atom. The number of nitrogens with zero attached hydrogens (tertiary/aromatic N) is 2. The van der Waals surface area contributed by atoms with Crippen LogP contribution in [-0.2, 0) is 0 Å². The Hall–Kier alpha value is -4.07. The number of halogens is 2. The third-order valence-corrected chi connectivity index (χ3v) is 4.22. The smallest absolute Gasteiger partial charge is 0.387 e. The van der Waals surface area contributed by atoms with Crippen LogP contribution in [0.1, 0.15) is 15.9 Å². The number of hydrogen-bond donors (Lipinski definition) is 1. The van der Waals surface area contributed by atoms with Gasteiger partial charge < -0.3 is 9.15 Å². The third kappa shape index (κ3) is 4.33. The van der Waals surface area contributed by atoms with Crippen molar-refractivity contribution in [1.82, 2.24) is 10.4 Å². The molecule has 150 valence electrons. The number of alkyl halides is 2. The average Bonchev–Trinajstić information content (AvgIpc) is 3.29. The summed E-state index contributed by atoms with van der Waals surface area (Å²) in [6, 6.07) is 18.3. The van der Waals surface area contributed by atoms with E-state index < -0.39 is 12.5 Å². The fourth-order valence-electron chi connectivity index (χ4n) is 2.87. The second kappa shape index (κ2) is 8.52. The van der Waals surface area contributed by atoms with Crippen molar-refractivity contribution < 1.29 is 22.7 Å². The van der Waals surface area contributed by atoms with E-state index >= 15 is 0 Å². The lowest BCUT2D eigenvalue weighted by Crippen LogP contribution is -2.18. The van der Waals surface area contributed by atoms with Crippen LogP contribution < -0.4 is 10.2 Å². The molecule has 0 saturated heterocycles. The summed E-state index contributed by atoms with van der Waals surface area (Å²) in [6.45, 7) is -2.88. The molecule has 2 aromatic carbocycles. The lowest BCUT2D eigenvalue weighted by molar-refractivity contribution is -0.0498. The molecule has 4 aromatic rings. The minimum Gasteiger partial charge on any atom is -0.463 e. The van der Waals surface area contributed by atoms with Gasteiger partial charge in [0.15, 0.2) is 5.76 Å². The topological polar surface area (TPSA) is 76.7 Å². The largest absolute Gasteiger partial charge is 0.463 e. The van der Waals surface area contributed by atoms with Gasteiger partial charge in [-0.3, -0.25) is 4.79 Å². The van der Waals surface area contributed by atoms with Crippen LogP contribution in [0.2, 0.25) is 0 Å². The zero-order valence-corrected chi connectivity index (χ0v) is 15.5. The minimum atomic E-state index is -2.88. The highest BCUT2D eigenvalue weighted by Crippen LogP contribution is 2.25. The van der Waals surface area contributed by atoms with Crippen molar-refractivity contribution in [3.8, 4) is 17.2 Å². The van der Waals surface area contributed by atoms with Gasteiger partial charge in [-0.25, -0.2) is 10.4 Å². The molecule has 1 amide bonds. The van der Waals surface area contributed by atoms with E-state index in [2.05, 4.69) is 20.2 Å². The standard InChI is InChI=1S/C22H15F2N3O3/c23-22(24)30-15-9-7-14(8-10-15)13-25-27-21(28)17-12-19(20-6-3-11-29-20)26-18-5-2-1-4-16(17)18/h1-13,22H,(H,27,28)/b25-13+. The van der Waals surface area contributed by atoms with Crippen molar-refractivity contribution in [3.05, 3.63) is 84.1 Å². The van der Waals surface area contributed by atoms with Crippen LogP contribution >= 0.6 is 0 Å². The quantitative estimate of drug-likeness (QED) is 0.366. The van der Waals surface area contributed by atoms with E-state index in [4.69, 9.17) is 4.42 Å². The van der Waals surface area contributed by atoms with Crippen molar-refractivity contribution in [2.75, 3.05) is 0 Å². The van der Waals surface area contributed by atoms with E-state index in [-0.39, 0.29) is 5.75 Å². The molecule has 0 saturated carbocycles. The van der Waals surface area contributed by atoms with E-state index in [1.165, 1.54) is 24.6 Å². The van der Waals surface area contributed by atoms with E-state index in [1.54, 1.807) is 36.4 Å². The number of benzene rings is 2. The molecule has 0 aliphatic rings. The second-order valence-corrected chi connectivity index (χ2v) is 6.20. The number of rotatable bonds is 6. The molecule has 30 heavy (non-hydrogen) atoms. The molecule has 1 N–H and O–H groups in total. The van der Waals surface area contributed by atoms with Gasteiger partial charge in [0, 0.05) is 5.39 Å². The van der Waals surface area contributed by atoms with Crippen LogP contribution in [0.4, 0.5) is 8.78 Å². The molecule has 0 aliphatic heterocycles. The number of hydrogen-bond acceptors (Lipinski definition) is 5. The monoisotopic (exact) mass is 407 g/mol. The van der Waals surface area contributed by atoms with E-state index in [0.717, 1.165) is 0 Å². The molecule has 6 nitrogen and oxygen atoms in total. The molecule has 4 rings (SSSR count). The lowest BCUT2D eigenvalue weighted by atomic mass is 10.1. The van der Waals surface area contributed by atoms with Gasteiger partial charge in [-0.1, -0.05) is 18.2 Å². The first-order valence-corrected chi connectivity index (χ1v) is 8.92. The number of ether oxygens (including phenoxy) is 1. The summed E-state index contributed by atoms with van der Waals surface area (Å²) in [5, 5.41) is 4.63. The molecule has 0 atom stereocenters. The number of nitrogens with one attached hydrogen (secondary N) is 1. The molecule has 2 heterocycles. The maximum absolute atomic E-state index is 12.8. The van der Waals surface area contributed by atoms with E-state index in [9.17, 15) is 13.6 Å².